The van der Waals surface area contributed by atoms with Crippen molar-refractivity contribution in [3.63, 3.8) is 0 Å². The molecule has 0 bridgehead atoms. The third kappa shape index (κ3) is 3.48. The lowest BCUT2D eigenvalue weighted by Gasteiger charge is -2.15. The molecule has 2 heterocycles. The molecule has 7 nitrogen and oxygen atoms in total. The molecule has 1 atom stereocenters. The monoisotopic (exact) mass is 352 g/mol. The molecule has 1 unspecified atom stereocenters. The van der Waals surface area contributed by atoms with E-state index in [4.69, 9.17) is 16.0 Å². The van der Waals surface area contributed by atoms with Gasteiger partial charge in [0, 0.05) is 23.7 Å². The second kappa shape index (κ2) is 6.59. The van der Waals surface area contributed by atoms with Crippen LogP contribution in [0.25, 0.3) is 11.5 Å². The fourth-order valence-corrected chi connectivity index (χ4v) is 3.03. The number of urea groups is 1. The van der Waals surface area contributed by atoms with Crippen LogP contribution in [0.3, 0.4) is 0 Å². The molecular formula is C14H13ClN4O3S. The largest absolute Gasteiger partial charge is 0.411 e. The second-order valence-electron chi connectivity index (χ2n) is 4.87. The molecule has 1 saturated heterocycles. The van der Waals surface area contributed by atoms with Gasteiger partial charge in [0.25, 0.3) is 5.22 Å². The van der Waals surface area contributed by atoms with Crippen LogP contribution in [-0.2, 0) is 4.79 Å². The second-order valence-corrected chi connectivity index (χ2v) is 6.59. The molecule has 3 amide bonds. The smallest absolute Gasteiger partial charge is 0.324 e. The highest BCUT2D eigenvalue weighted by Gasteiger charge is 2.31. The van der Waals surface area contributed by atoms with Crippen molar-refractivity contribution in [2.45, 2.75) is 17.4 Å². The van der Waals surface area contributed by atoms with Crippen molar-refractivity contribution in [2.75, 3.05) is 13.1 Å². The molecule has 3 rings (SSSR count). The molecule has 1 aliphatic rings. The summed E-state index contributed by atoms with van der Waals surface area (Å²) in [5.41, 5.74) is 0.703. The summed E-state index contributed by atoms with van der Waals surface area (Å²) in [6.45, 7) is 2.55. The topological polar surface area (TPSA) is 88.3 Å². The van der Waals surface area contributed by atoms with E-state index in [9.17, 15) is 9.59 Å². The van der Waals surface area contributed by atoms with Gasteiger partial charge in [0.05, 0.1) is 5.25 Å². The Bertz CT molecular complexity index is 751. The Labute approximate surface area is 141 Å². The summed E-state index contributed by atoms with van der Waals surface area (Å²) in [6, 6.07) is 6.68. The zero-order valence-corrected chi connectivity index (χ0v) is 13.7. The van der Waals surface area contributed by atoms with E-state index < -0.39 is 5.25 Å². The average Bonchev–Trinajstić information content (AvgIpc) is 3.15. The minimum absolute atomic E-state index is 0.264. The number of carbonyl (C=O) groups is 2. The molecule has 9 heteroatoms. The van der Waals surface area contributed by atoms with Gasteiger partial charge in [-0.15, -0.1) is 10.2 Å². The fraction of sp³-hybridized carbons (Fsp3) is 0.286. The first-order valence-electron chi connectivity index (χ1n) is 6.90. The number of hydrogen-bond acceptors (Lipinski definition) is 6. The molecular weight excluding hydrogens is 340 g/mol. The molecule has 0 saturated carbocycles. The summed E-state index contributed by atoms with van der Waals surface area (Å²) in [6.07, 6.45) is 0. The Morgan fingerprint density at radius 3 is 3.00 bits per heavy atom. The van der Waals surface area contributed by atoms with Crippen molar-refractivity contribution < 1.29 is 14.0 Å². The number of halogens is 1. The quantitative estimate of drug-likeness (QED) is 0.850. The number of benzene rings is 1. The molecule has 0 aliphatic carbocycles. The van der Waals surface area contributed by atoms with E-state index >= 15 is 0 Å². The first kappa shape index (κ1) is 15.8. The van der Waals surface area contributed by atoms with Crippen LogP contribution < -0.4 is 5.32 Å². The van der Waals surface area contributed by atoms with E-state index in [0.29, 0.717) is 29.6 Å². The number of thioether (sulfide) groups is 1. The van der Waals surface area contributed by atoms with Gasteiger partial charge in [0.2, 0.25) is 11.8 Å². The van der Waals surface area contributed by atoms with E-state index in [-0.39, 0.29) is 17.2 Å². The Morgan fingerprint density at radius 1 is 1.48 bits per heavy atom. The lowest BCUT2D eigenvalue weighted by Crippen LogP contribution is -2.38. The van der Waals surface area contributed by atoms with Crippen LogP contribution in [0.2, 0.25) is 5.02 Å². The van der Waals surface area contributed by atoms with Gasteiger partial charge >= 0.3 is 6.03 Å². The fourth-order valence-electron chi connectivity index (χ4n) is 2.10. The van der Waals surface area contributed by atoms with E-state index in [1.54, 1.807) is 31.2 Å². The molecule has 23 heavy (non-hydrogen) atoms. The van der Waals surface area contributed by atoms with Crippen molar-refractivity contribution in [2.24, 2.45) is 0 Å². The van der Waals surface area contributed by atoms with Gasteiger partial charge in [-0.25, -0.2) is 4.79 Å². The van der Waals surface area contributed by atoms with Gasteiger partial charge in [0.15, 0.2) is 0 Å². The Hall–Kier alpha value is -2.06. The van der Waals surface area contributed by atoms with Crippen molar-refractivity contribution in [3.05, 3.63) is 29.3 Å². The standard InChI is InChI=1S/C14H13ClN4O3S/c1-8(12(20)19-6-5-16-13(19)21)23-14-18-17-11(22-14)9-3-2-4-10(15)7-9/h2-4,7-8H,5-6H2,1H3,(H,16,21). The minimum atomic E-state index is -0.508. The summed E-state index contributed by atoms with van der Waals surface area (Å²) in [7, 11) is 0. The Morgan fingerprint density at radius 2 is 2.30 bits per heavy atom. The first-order valence-corrected chi connectivity index (χ1v) is 8.15. The molecule has 0 spiro atoms. The maximum atomic E-state index is 12.2. The summed E-state index contributed by atoms with van der Waals surface area (Å²) in [5, 5.41) is 10.8. The summed E-state index contributed by atoms with van der Waals surface area (Å²) >= 11 is 7.05. The molecule has 2 aromatic rings. The Kier molecular flexibility index (Phi) is 4.53. The van der Waals surface area contributed by atoms with E-state index in [2.05, 4.69) is 15.5 Å². The molecule has 1 aliphatic heterocycles. The summed E-state index contributed by atoms with van der Waals surface area (Å²) < 4.78 is 5.55. The minimum Gasteiger partial charge on any atom is -0.411 e. The van der Waals surface area contributed by atoms with Crippen molar-refractivity contribution in [1.82, 2.24) is 20.4 Å². The van der Waals surface area contributed by atoms with Gasteiger partial charge < -0.3 is 9.73 Å². The maximum absolute atomic E-state index is 12.2. The van der Waals surface area contributed by atoms with Gasteiger partial charge in [-0.3, -0.25) is 9.69 Å². The number of hydrogen-bond donors (Lipinski definition) is 1. The van der Waals surface area contributed by atoms with E-state index in [1.807, 2.05) is 0 Å². The summed E-state index contributed by atoms with van der Waals surface area (Å²) in [4.78, 5) is 24.9. The predicted octanol–water partition coefficient (Wildman–Crippen LogP) is 2.42. The number of nitrogens with one attached hydrogen (secondary N) is 1. The number of carbonyl (C=O) groups excluding carboxylic acids is 2. The van der Waals surface area contributed by atoms with Crippen LogP contribution in [0.15, 0.2) is 33.9 Å². The SMILES string of the molecule is CC(Sc1nnc(-c2cccc(Cl)c2)o1)C(=O)N1CCNC1=O. The van der Waals surface area contributed by atoms with Crippen LogP contribution in [0, 0.1) is 0 Å². The predicted molar refractivity (Wildman–Crippen MR) is 85.2 cm³/mol. The van der Waals surface area contributed by atoms with Crippen LogP contribution in [0.5, 0.6) is 0 Å². The van der Waals surface area contributed by atoms with E-state index in [0.717, 1.165) is 11.8 Å². The van der Waals surface area contributed by atoms with Gasteiger partial charge in [-0.1, -0.05) is 29.4 Å². The van der Waals surface area contributed by atoms with Crippen molar-refractivity contribution in [1.29, 1.82) is 0 Å². The lowest BCUT2D eigenvalue weighted by molar-refractivity contribution is -0.126. The Balaban J connectivity index is 1.69. The van der Waals surface area contributed by atoms with Crippen LogP contribution in [-0.4, -0.2) is 45.4 Å². The highest BCUT2D eigenvalue weighted by Crippen LogP contribution is 2.28. The molecule has 120 valence electrons. The normalized spacial score (nSPS) is 15.6. The van der Waals surface area contributed by atoms with Crippen molar-refractivity contribution >= 4 is 35.3 Å². The zero-order chi connectivity index (χ0) is 16.4. The van der Waals surface area contributed by atoms with E-state index in [1.165, 1.54) is 4.90 Å². The number of amides is 3. The number of aromatic nitrogens is 2. The highest BCUT2D eigenvalue weighted by atomic mass is 35.5. The molecule has 1 fully saturated rings. The van der Waals surface area contributed by atoms with Gasteiger partial charge in [-0.05, 0) is 25.1 Å². The first-order chi connectivity index (χ1) is 11.0. The number of nitrogens with zero attached hydrogens (tertiary/aromatic N) is 3. The molecule has 1 N–H and O–H groups in total. The van der Waals surface area contributed by atoms with Crippen LogP contribution >= 0.6 is 23.4 Å². The van der Waals surface area contributed by atoms with Gasteiger partial charge in [0.1, 0.15) is 0 Å². The average molecular weight is 353 g/mol. The third-order valence-electron chi connectivity index (χ3n) is 3.23. The zero-order valence-electron chi connectivity index (χ0n) is 12.2. The highest BCUT2D eigenvalue weighted by molar-refractivity contribution is 8.00. The van der Waals surface area contributed by atoms with Gasteiger partial charge in [-0.2, -0.15) is 0 Å². The third-order valence-corrected chi connectivity index (χ3v) is 4.38. The molecule has 1 aromatic heterocycles. The molecule has 0 radical (unpaired) electrons. The van der Waals surface area contributed by atoms with Crippen molar-refractivity contribution in [3.8, 4) is 11.5 Å². The maximum Gasteiger partial charge on any atom is 0.324 e. The number of imide groups is 1. The molecule has 1 aromatic carbocycles. The van der Waals surface area contributed by atoms with Crippen LogP contribution in [0.1, 0.15) is 6.92 Å². The summed E-state index contributed by atoms with van der Waals surface area (Å²) in [5.74, 6) is 0.0427. The lowest BCUT2D eigenvalue weighted by atomic mass is 10.2. The number of rotatable bonds is 4. The van der Waals surface area contributed by atoms with Crippen LogP contribution in [0.4, 0.5) is 4.79 Å².